The molecule has 5 nitrogen and oxygen atoms in total. The van der Waals surface area contributed by atoms with Crippen LogP contribution in [0.25, 0.3) is 6.08 Å². The van der Waals surface area contributed by atoms with Crippen LogP contribution in [-0.2, 0) is 4.79 Å². The third-order valence-corrected chi connectivity index (χ3v) is 3.33. The quantitative estimate of drug-likeness (QED) is 0.675. The number of aryl methyl sites for hydroxylation is 1. The van der Waals surface area contributed by atoms with Gasteiger partial charge in [-0.2, -0.15) is 5.26 Å². The summed E-state index contributed by atoms with van der Waals surface area (Å²) in [5, 5.41) is 12.0. The van der Waals surface area contributed by atoms with Gasteiger partial charge in [0.15, 0.2) is 0 Å². The van der Waals surface area contributed by atoms with Crippen molar-refractivity contribution in [2.75, 3.05) is 19.5 Å². The van der Waals surface area contributed by atoms with Gasteiger partial charge in [-0.05, 0) is 48.4 Å². The fourth-order valence-corrected chi connectivity index (χ4v) is 2.15. The summed E-state index contributed by atoms with van der Waals surface area (Å²) in [5.74, 6) is 0.693. The zero-order valence-corrected chi connectivity index (χ0v) is 13.8. The van der Waals surface area contributed by atoms with Crippen molar-refractivity contribution in [1.82, 2.24) is 0 Å². The molecule has 122 valence electrons. The maximum absolute atomic E-state index is 12.3. The molecule has 2 aromatic rings. The van der Waals surface area contributed by atoms with E-state index in [1.165, 1.54) is 20.3 Å². The first kappa shape index (κ1) is 17.1. The van der Waals surface area contributed by atoms with Crippen molar-refractivity contribution in [3.05, 3.63) is 59.2 Å². The fourth-order valence-electron chi connectivity index (χ4n) is 2.15. The molecule has 0 unspecified atom stereocenters. The molecule has 0 atom stereocenters. The first-order chi connectivity index (χ1) is 11.5. The Morgan fingerprint density at radius 1 is 1.12 bits per heavy atom. The van der Waals surface area contributed by atoms with Crippen LogP contribution in [0.4, 0.5) is 5.69 Å². The minimum absolute atomic E-state index is 0.00758. The summed E-state index contributed by atoms with van der Waals surface area (Å²) in [4.78, 5) is 12.3. The number of nitriles is 1. The highest BCUT2D eigenvalue weighted by Gasteiger charge is 2.10. The molecule has 0 aliphatic heterocycles. The number of nitrogens with one attached hydrogen (secondary N) is 1. The number of rotatable bonds is 5. The molecule has 0 radical (unpaired) electrons. The Bertz CT molecular complexity index is 797. The highest BCUT2D eigenvalue weighted by atomic mass is 16.5. The van der Waals surface area contributed by atoms with E-state index in [2.05, 4.69) is 5.32 Å². The van der Waals surface area contributed by atoms with Gasteiger partial charge in [-0.1, -0.05) is 12.1 Å². The molecule has 5 heteroatoms. The Labute approximate surface area is 141 Å². The van der Waals surface area contributed by atoms with E-state index in [1.54, 1.807) is 24.3 Å². The van der Waals surface area contributed by atoms with Gasteiger partial charge in [-0.15, -0.1) is 0 Å². The average molecular weight is 322 g/mol. The topological polar surface area (TPSA) is 71.3 Å². The van der Waals surface area contributed by atoms with Gasteiger partial charge in [0.25, 0.3) is 5.91 Å². The van der Waals surface area contributed by atoms with Gasteiger partial charge in [0.2, 0.25) is 0 Å². The zero-order chi connectivity index (χ0) is 17.5. The van der Waals surface area contributed by atoms with Crippen LogP contribution in [-0.4, -0.2) is 20.1 Å². The van der Waals surface area contributed by atoms with Crippen molar-refractivity contribution in [3.63, 3.8) is 0 Å². The minimum atomic E-state index is -0.468. The summed E-state index contributed by atoms with van der Waals surface area (Å²) in [5.41, 5.74) is 2.30. The van der Waals surface area contributed by atoms with Crippen molar-refractivity contribution in [1.29, 1.82) is 5.26 Å². The molecule has 0 spiro atoms. The number of anilines is 1. The molecule has 2 aromatic carbocycles. The van der Waals surface area contributed by atoms with Gasteiger partial charge in [-0.3, -0.25) is 4.79 Å². The standard InChI is InChI=1S/C19H18N2O3/c1-13-5-4-6-16(7-13)21-19(22)15(12-20)8-14-9-17(23-2)11-18(10-14)24-3/h4-11H,1-3H3,(H,21,22)/b15-8+. The van der Waals surface area contributed by atoms with E-state index in [0.717, 1.165) is 5.56 Å². The number of methoxy groups -OCH3 is 2. The van der Waals surface area contributed by atoms with Crippen LogP contribution in [0.1, 0.15) is 11.1 Å². The third kappa shape index (κ3) is 4.37. The molecular weight excluding hydrogens is 304 g/mol. The lowest BCUT2D eigenvalue weighted by atomic mass is 10.1. The van der Waals surface area contributed by atoms with Crippen molar-refractivity contribution >= 4 is 17.7 Å². The van der Waals surface area contributed by atoms with E-state index in [4.69, 9.17) is 9.47 Å². The first-order valence-corrected chi connectivity index (χ1v) is 7.28. The highest BCUT2D eigenvalue weighted by Crippen LogP contribution is 2.24. The van der Waals surface area contributed by atoms with Gasteiger partial charge < -0.3 is 14.8 Å². The van der Waals surface area contributed by atoms with Crippen LogP contribution in [0.5, 0.6) is 11.5 Å². The van der Waals surface area contributed by atoms with Gasteiger partial charge in [0.1, 0.15) is 23.1 Å². The second-order valence-corrected chi connectivity index (χ2v) is 5.14. The van der Waals surface area contributed by atoms with E-state index >= 15 is 0 Å². The van der Waals surface area contributed by atoms with Crippen molar-refractivity contribution < 1.29 is 14.3 Å². The van der Waals surface area contributed by atoms with E-state index < -0.39 is 5.91 Å². The largest absolute Gasteiger partial charge is 0.497 e. The van der Waals surface area contributed by atoms with Gasteiger partial charge in [0.05, 0.1) is 14.2 Å². The molecule has 1 N–H and O–H groups in total. The molecule has 1 amide bonds. The monoisotopic (exact) mass is 322 g/mol. The molecule has 2 rings (SSSR count). The maximum atomic E-state index is 12.3. The number of hydrogen-bond donors (Lipinski definition) is 1. The number of hydrogen-bond acceptors (Lipinski definition) is 4. The number of benzene rings is 2. The Morgan fingerprint density at radius 3 is 2.33 bits per heavy atom. The highest BCUT2D eigenvalue weighted by molar-refractivity contribution is 6.09. The van der Waals surface area contributed by atoms with Gasteiger partial charge in [-0.25, -0.2) is 0 Å². The molecule has 0 heterocycles. The Morgan fingerprint density at radius 2 is 1.79 bits per heavy atom. The van der Waals surface area contributed by atoms with E-state index in [0.29, 0.717) is 22.7 Å². The number of carbonyl (C=O) groups is 1. The van der Waals surface area contributed by atoms with Crippen molar-refractivity contribution in [3.8, 4) is 17.6 Å². The molecule has 0 aromatic heterocycles. The number of carbonyl (C=O) groups excluding carboxylic acids is 1. The van der Waals surface area contributed by atoms with Gasteiger partial charge in [0, 0.05) is 11.8 Å². The lowest BCUT2D eigenvalue weighted by Gasteiger charge is -2.07. The van der Waals surface area contributed by atoms with Crippen molar-refractivity contribution in [2.45, 2.75) is 6.92 Å². The molecule has 0 aliphatic carbocycles. The first-order valence-electron chi connectivity index (χ1n) is 7.28. The maximum Gasteiger partial charge on any atom is 0.266 e. The van der Waals surface area contributed by atoms with Crippen LogP contribution >= 0.6 is 0 Å². The number of amides is 1. The minimum Gasteiger partial charge on any atom is -0.497 e. The molecule has 0 fully saturated rings. The molecule has 24 heavy (non-hydrogen) atoms. The fraction of sp³-hybridized carbons (Fsp3) is 0.158. The lowest BCUT2D eigenvalue weighted by molar-refractivity contribution is -0.112. The second kappa shape index (κ2) is 7.84. The van der Waals surface area contributed by atoms with Gasteiger partial charge >= 0.3 is 0 Å². The number of ether oxygens (including phenoxy) is 2. The van der Waals surface area contributed by atoms with Crippen molar-refractivity contribution in [2.24, 2.45) is 0 Å². The summed E-state index contributed by atoms with van der Waals surface area (Å²) in [6.45, 7) is 1.93. The predicted octanol–water partition coefficient (Wildman–Crippen LogP) is 3.56. The zero-order valence-electron chi connectivity index (χ0n) is 13.8. The molecule has 0 aliphatic rings. The average Bonchev–Trinajstić information content (AvgIpc) is 2.59. The summed E-state index contributed by atoms with van der Waals surface area (Å²) < 4.78 is 10.4. The molecule has 0 bridgehead atoms. The normalized spacial score (nSPS) is 10.7. The predicted molar refractivity (Wildman–Crippen MR) is 92.9 cm³/mol. The van der Waals surface area contributed by atoms with E-state index in [9.17, 15) is 10.1 Å². The van der Waals surface area contributed by atoms with Crippen LogP contribution in [0, 0.1) is 18.3 Å². The molecule has 0 saturated carbocycles. The van der Waals surface area contributed by atoms with Crippen LogP contribution in [0.2, 0.25) is 0 Å². The van der Waals surface area contributed by atoms with Crippen LogP contribution in [0.15, 0.2) is 48.0 Å². The van der Waals surface area contributed by atoms with E-state index in [1.807, 2.05) is 31.2 Å². The Balaban J connectivity index is 2.28. The summed E-state index contributed by atoms with van der Waals surface area (Å²) in [6.07, 6.45) is 1.50. The van der Waals surface area contributed by atoms with Crippen LogP contribution in [0.3, 0.4) is 0 Å². The van der Waals surface area contributed by atoms with Crippen LogP contribution < -0.4 is 14.8 Å². The Hall–Kier alpha value is -3.26. The second-order valence-electron chi connectivity index (χ2n) is 5.14. The van der Waals surface area contributed by atoms with E-state index in [-0.39, 0.29) is 5.57 Å². The molecular formula is C19H18N2O3. The Kier molecular flexibility index (Phi) is 5.58. The molecule has 0 saturated heterocycles. The summed E-state index contributed by atoms with van der Waals surface area (Å²) in [6, 6.07) is 14.5. The smallest absolute Gasteiger partial charge is 0.266 e. The lowest BCUT2D eigenvalue weighted by Crippen LogP contribution is -2.13. The summed E-state index contributed by atoms with van der Waals surface area (Å²) in [7, 11) is 3.08. The summed E-state index contributed by atoms with van der Waals surface area (Å²) >= 11 is 0. The third-order valence-electron chi connectivity index (χ3n) is 3.33. The number of nitrogens with zero attached hydrogens (tertiary/aromatic N) is 1. The SMILES string of the molecule is COc1cc(/C=C(\C#N)C(=O)Nc2cccc(C)c2)cc(OC)c1.